The van der Waals surface area contributed by atoms with Crippen LogP contribution in [0.25, 0.3) is 0 Å². The van der Waals surface area contributed by atoms with E-state index in [1.54, 1.807) is 6.92 Å². The number of carboxylic acid groups (broad SMARTS) is 1. The molecule has 2 heterocycles. The van der Waals surface area contributed by atoms with Crippen molar-refractivity contribution in [3.05, 3.63) is 0 Å². The normalized spacial score (nSPS) is 30.5. The highest BCUT2D eigenvalue weighted by Crippen LogP contribution is 2.34. The minimum absolute atomic E-state index is 0.0727. The van der Waals surface area contributed by atoms with Crippen molar-refractivity contribution in [2.24, 2.45) is 5.41 Å². The molecule has 2 fully saturated rings. The fourth-order valence-electron chi connectivity index (χ4n) is 2.93. The Hall–Kier alpha value is -1.19. The SMILES string of the molecule is CCOC(=O)C1CCCN1S(=O)(=O)N1CCC(C)(C(=O)O)C1. The number of hydrogen-bond acceptors (Lipinski definition) is 5. The zero-order valence-electron chi connectivity index (χ0n) is 12.8. The third kappa shape index (κ3) is 2.97. The van der Waals surface area contributed by atoms with Gasteiger partial charge in [-0.25, -0.2) is 0 Å². The van der Waals surface area contributed by atoms with Crippen molar-refractivity contribution >= 4 is 22.1 Å². The standard InChI is InChI=1S/C13H22N2O6S/c1-3-21-11(16)10-5-4-7-15(10)22(19,20)14-8-6-13(2,9-14)12(17)18/h10H,3-9H2,1-2H3,(H,17,18). The number of carbonyl (C=O) groups excluding carboxylic acids is 1. The number of carboxylic acids is 1. The van der Waals surface area contributed by atoms with Gasteiger partial charge in [-0.3, -0.25) is 9.59 Å². The Morgan fingerprint density at radius 1 is 1.36 bits per heavy atom. The highest BCUT2D eigenvalue weighted by molar-refractivity contribution is 7.86. The maximum Gasteiger partial charge on any atom is 0.324 e. The Morgan fingerprint density at radius 2 is 2.05 bits per heavy atom. The van der Waals surface area contributed by atoms with Crippen LogP contribution in [0, 0.1) is 5.41 Å². The van der Waals surface area contributed by atoms with Gasteiger partial charge in [0.15, 0.2) is 0 Å². The molecule has 0 aromatic carbocycles. The molecule has 2 rings (SSSR count). The molecule has 2 aliphatic rings. The minimum Gasteiger partial charge on any atom is -0.481 e. The summed E-state index contributed by atoms with van der Waals surface area (Å²) in [5.74, 6) is -1.54. The van der Waals surface area contributed by atoms with E-state index in [0.717, 1.165) is 4.31 Å². The predicted molar refractivity (Wildman–Crippen MR) is 77.2 cm³/mol. The van der Waals surface area contributed by atoms with Crippen LogP contribution in [0.5, 0.6) is 0 Å². The molecule has 1 N–H and O–H groups in total. The quantitative estimate of drug-likeness (QED) is 0.713. The molecule has 0 amide bonds. The van der Waals surface area contributed by atoms with Gasteiger partial charge in [-0.05, 0) is 33.1 Å². The first kappa shape index (κ1) is 17.2. The van der Waals surface area contributed by atoms with Crippen molar-refractivity contribution in [1.29, 1.82) is 0 Å². The van der Waals surface area contributed by atoms with Crippen molar-refractivity contribution in [1.82, 2.24) is 8.61 Å². The summed E-state index contributed by atoms with van der Waals surface area (Å²) in [4.78, 5) is 23.2. The molecule has 2 unspecified atom stereocenters. The maximum atomic E-state index is 12.7. The average Bonchev–Trinajstić information content (AvgIpc) is 3.06. The zero-order chi connectivity index (χ0) is 16.5. The second-order valence-corrected chi connectivity index (χ2v) is 7.86. The van der Waals surface area contributed by atoms with Gasteiger partial charge in [-0.15, -0.1) is 0 Å². The van der Waals surface area contributed by atoms with Crippen molar-refractivity contribution in [2.45, 2.75) is 39.2 Å². The lowest BCUT2D eigenvalue weighted by atomic mass is 9.90. The Labute approximate surface area is 130 Å². The maximum absolute atomic E-state index is 12.7. The van der Waals surface area contributed by atoms with Crippen LogP contribution in [0.1, 0.15) is 33.1 Å². The molecule has 0 aliphatic carbocycles. The van der Waals surface area contributed by atoms with Gasteiger partial charge in [0.25, 0.3) is 10.2 Å². The monoisotopic (exact) mass is 334 g/mol. The van der Waals surface area contributed by atoms with Gasteiger partial charge in [0.05, 0.1) is 12.0 Å². The molecule has 2 saturated heterocycles. The number of ether oxygens (including phenoxy) is 1. The van der Waals surface area contributed by atoms with Crippen LogP contribution < -0.4 is 0 Å². The first-order chi connectivity index (χ1) is 10.2. The number of hydrogen-bond donors (Lipinski definition) is 1. The summed E-state index contributed by atoms with van der Waals surface area (Å²) in [5.41, 5.74) is -1.08. The number of rotatable bonds is 5. The van der Waals surface area contributed by atoms with E-state index < -0.39 is 33.6 Å². The van der Waals surface area contributed by atoms with Gasteiger partial charge in [-0.2, -0.15) is 17.0 Å². The molecule has 0 bridgehead atoms. The van der Waals surface area contributed by atoms with E-state index in [9.17, 15) is 23.1 Å². The highest BCUT2D eigenvalue weighted by Gasteiger charge is 2.49. The van der Waals surface area contributed by atoms with Crippen LogP contribution in [-0.2, 0) is 24.5 Å². The van der Waals surface area contributed by atoms with Gasteiger partial charge in [0.2, 0.25) is 0 Å². The van der Waals surface area contributed by atoms with Crippen molar-refractivity contribution in [3.8, 4) is 0 Å². The van der Waals surface area contributed by atoms with Crippen molar-refractivity contribution < 1.29 is 27.9 Å². The van der Waals surface area contributed by atoms with E-state index >= 15 is 0 Å². The summed E-state index contributed by atoms with van der Waals surface area (Å²) in [6, 6.07) is -0.804. The third-order valence-corrected chi connectivity index (χ3v) is 6.33. The Morgan fingerprint density at radius 3 is 2.59 bits per heavy atom. The van der Waals surface area contributed by atoms with Gasteiger partial charge in [0, 0.05) is 19.6 Å². The summed E-state index contributed by atoms with van der Waals surface area (Å²) >= 11 is 0. The fourth-order valence-corrected chi connectivity index (χ4v) is 4.87. The Bertz CT molecular complexity index is 563. The summed E-state index contributed by atoms with van der Waals surface area (Å²) in [6.45, 7) is 3.74. The lowest BCUT2D eigenvalue weighted by molar-refractivity contribution is -0.148. The van der Waals surface area contributed by atoms with Gasteiger partial charge in [-0.1, -0.05) is 0 Å². The molecule has 0 saturated carbocycles. The summed E-state index contributed by atoms with van der Waals surface area (Å²) < 4.78 is 32.7. The second kappa shape index (κ2) is 6.13. The van der Waals surface area contributed by atoms with E-state index in [2.05, 4.69) is 0 Å². The van der Waals surface area contributed by atoms with Crippen LogP contribution in [0.3, 0.4) is 0 Å². The van der Waals surface area contributed by atoms with Crippen molar-refractivity contribution in [2.75, 3.05) is 26.2 Å². The molecule has 9 heteroatoms. The second-order valence-electron chi connectivity index (χ2n) is 5.98. The molecule has 126 valence electrons. The molecular formula is C13H22N2O6S. The van der Waals surface area contributed by atoms with Gasteiger partial charge < -0.3 is 9.84 Å². The summed E-state index contributed by atoms with van der Waals surface area (Å²) in [5, 5.41) is 9.22. The number of aliphatic carboxylic acids is 1. The lowest BCUT2D eigenvalue weighted by Gasteiger charge is -2.28. The average molecular weight is 334 g/mol. The van der Waals surface area contributed by atoms with Crippen LogP contribution in [0.2, 0.25) is 0 Å². The molecule has 8 nitrogen and oxygen atoms in total. The third-order valence-electron chi connectivity index (χ3n) is 4.34. The Kier molecular flexibility index (Phi) is 4.78. The molecule has 2 aliphatic heterocycles. The van der Waals surface area contributed by atoms with E-state index in [1.165, 1.54) is 11.2 Å². The number of esters is 1. The van der Waals surface area contributed by atoms with Crippen molar-refractivity contribution in [3.63, 3.8) is 0 Å². The lowest BCUT2D eigenvalue weighted by Crippen LogP contribution is -2.48. The Balaban J connectivity index is 2.17. The van der Waals surface area contributed by atoms with Crippen LogP contribution in [0.4, 0.5) is 0 Å². The highest BCUT2D eigenvalue weighted by atomic mass is 32.2. The van der Waals surface area contributed by atoms with E-state index in [-0.39, 0.29) is 32.7 Å². The van der Waals surface area contributed by atoms with Crippen LogP contribution in [-0.4, -0.2) is 66.4 Å². The first-order valence-corrected chi connectivity index (χ1v) is 8.79. The smallest absolute Gasteiger partial charge is 0.324 e. The molecule has 22 heavy (non-hydrogen) atoms. The molecular weight excluding hydrogens is 312 g/mol. The van der Waals surface area contributed by atoms with Crippen LogP contribution in [0.15, 0.2) is 0 Å². The first-order valence-electron chi connectivity index (χ1n) is 7.39. The van der Waals surface area contributed by atoms with E-state index in [0.29, 0.717) is 12.8 Å². The van der Waals surface area contributed by atoms with Gasteiger partial charge in [0.1, 0.15) is 6.04 Å². The topological polar surface area (TPSA) is 104 Å². The molecule has 0 aromatic rings. The largest absolute Gasteiger partial charge is 0.481 e. The van der Waals surface area contributed by atoms with Crippen LogP contribution >= 0.6 is 0 Å². The van der Waals surface area contributed by atoms with E-state index in [4.69, 9.17) is 4.74 Å². The van der Waals surface area contributed by atoms with E-state index in [1.807, 2.05) is 0 Å². The molecule has 2 atom stereocenters. The summed E-state index contributed by atoms with van der Waals surface area (Å²) in [7, 11) is -3.85. The fraction of sp³-hybridized carbons (Fsp3) is 0.846. The zero-order valence-corrected chi connectivity index (χ0v) is 13.6. The molecule has 0 spiro atoms. The van der Waals surface area contributed by atoms with Gasteiger partial charge >= 0.3 is 11.9 Å². The minimum atomic E-state index is -3.85. The summed E-state index contributed by atoms with van der Waals surface area (Å²) in [6.07, 6.45) is 1.29. The predicted octanol–water partition coefficient (Wildman–Crippen LogP) is 0.0553. The number of carbonyl (C=O) groups is 2. The molecule has 0 aromatic heterocycles. The molecule has 0 radical (unpaired) electrons. The number of nitrogens with zero attached hydrogens (tertiary/aromatic N) is 2.